The number of aromatic nitrogens is 2. The molecule has 0 amide bonds. The summed E-state index contributed by atoms with van der Waals surface area (Å²) in [5.74, 6) is -0.0852. The molecule has 4 nitrogen and oxygen atoms in total. The van der Waals surface area contributed by atoms with E-state index in [2.05, 4.69) is 20.6 Å². The van der Waals surface area contributed by atoms with Crippen LogP contribution in [0.25, 0.3) is 16.8 Å². The van der Waals surface area contributed by atoms with Crippen LogP contribution in [0, 0.1) is 0 Å². The van der Waals surface area contributed by atoms with Crippen LogP contribution in [0.3, 0.4) is 0 Å². The molecule has 3 aromatic rings. The highest BCUT2D eigenvalue weighted by atomic mass is 19.4. The van der Waals surface area contributed by atoms with Gasteiger partial charge in [-0.2, -0.15) is 26.3 Å². The third kappa shape index (κ3) is 16.1. The van der Waals surface area contributed by atoms with Crippen LogP contribution in [-0.2, 0) is 25.2 Å². The van der Waals surface area contributed by atoms with Crippen molar-refractivity contribution in [1.82, 2.24) is 20.6 Å². The summed E-state index contributed by atoms with van der Waals surface area (Å²) in [6.45, 7) is 27.3. The average molecular weight is 699 g/mol. The Morgan fingerprint density at radius 1 is 0.735 bits per heavy atom. The lowest BCUT2D eigenvalue weighted by Crippen LogP contribution is -2.38. The summed E-state index contributed by atoms with van der Waals surface area (Å²) < 4.78 is 78.0. The van der Waals surface area contributed by atoms with Crippen LogP contribution in [0.15, 0.2) is 42.5 Å². The molecule has 1 atom stereocenters. The molecular formula is C39H60F6N4. The van der Waals surface area contributed by atoms with Crippen molar-refractivity contribution in [2.24, 2.45) is 0 Å². The summed E-state index contributed by atoms with van der Waals surface area (Å²) in [5, 5.41) is 7.97. The molecule has 0 aliphatic heterocycles. The molecule has 0 fully saturated rings. The lowest BCUT2D eigenvalue weighted by atomic mass is 9.90. The Morgan fingerprint density at radius 2 is 1.27 bits per heavy atom. The molecule has 278 valence electrons. The van der Waals surface area contributed by atoms with E-state index in [1.807, 2.05) is 114 Å². The molecule has 0 radical (unpaired) electrons. The second kappa shape index (κ2) is 20.6. The van der Waals surface area contributed by atoms with Crippen molar-refractivity contribution in [2.75, 3.05) is 13.1 Å². The summed E-state index contributed by atoms with van der Waals surface area (Å²) in [4.78, 5) is 7.77. The van der Waals surface area contributed by atoms with Gasteiger partial charge in [0.15, 0.2) is 0 Å². The Hall–Kier alpha value is -2.98. The Morgan fingerprint density at radius 3 is 1.80 bits per heavy atom. The number of allylic oxidation sites excluding steroid dienone is 1. The average Bonchev–Trinajstić information content (AvgIpc) is 3.04. The van der Waals surface area contributed by atoms with E-state index in [9.17, 15) is 26.3 Å². The maximum absolute atomic E-state index is 13.1. The predicted molar refractivity (Wildman–Crippen MR) is 195 cm³/mol. The lowest BCUT2D eigenvalue weighted by Gasteiger charge is -2.25. The molecule has 0 saturated carbocycles. The van der Waals surface area contributed by atoms with Crippen molar-refractivity contribution in [2.45, 2.75) is 139 Å². The summed E-state index contributed by atoms with van der Waals surface area (Å²) in [5.41, 5.74) is 0.884. The highest BCUT2D eigenvalue weighted by molar-refractivity contribution is 5.85. The Kier molecular flexibility index (Phi) is 19.4. The van der Waals surface area contributed by atoms with E-state index >= 15 is 0 Å². The predicted octanol–water partition coefficient (Wildman–Crippen LogP) is 11.8. The van der Waals surface area contributed by atoms with Crippen LogP contribution in [0.4, 0.5) is 26.3 Å². The number of nitrogens with one attached hydrogen (secondary N) is 2. The molecule has 1 unspecified atom stereocenters. The van der Waals surface area contributed by atoms with Gasteiger partial charge in [0.1, 0.15) is 11.4 Å². The quantitative estimate of drug-likeness (QED) is 0.252. The van der Waals surface area contributed by atoms with Crippen molar-refractivity contribution in [1.29, 1.82) is 0 Å². The molecule has 0 bridgehead atoms. The first-order chi connectivity index (χ1) is 22.7. The largest absolute Gasteiger partial charge is 0.433 e. The minimum Gasteiger partial charge on any atom is -0.312 e. The summed E-state index contributed by atoms with van der Waals surface area (Å²) >= 11 is 0. The molecule has 2 heterocycles. The second-order valence-electron chi connectivity index (χ2n) is 13.0. The standard InChI is InChI=1S/C17H23F3N2.C16H19F3N2.3C2H6/c1-11(10-21-16(2,3)4)15-13-8-6-5-7-12(13)9-14(22-15)17(18,19)20;1-15(2,3)20-9-8-13-12-7-5-4-6-11(12)10-14(21-13)16(17,18)19;3*1-2/h6,8-9,11,21H,5,7,10H2,1-4H3;4-7,10,20H,8-9H2,1-3H3;3*1-2H3. The number of hydrogen-bond donors (Lipinski definition) is 2. The van der Waals surface area contributed by atoms with E-state index in [1.165, 1.54) is 6.07 Å². The van der Waals surface area contributed by atoms with E-state index < -0.39 is 23.7 Å². The minimum absolute atomic E-state index is 0.0720. The molecule has 10 heteroatoms. The molecule has 0 saturated heterocycles. The first-order valence-electron chi connectivity index (χ1n) is 17.5. The van der Waals surface area contributed by atoms with E-state index in [-0.39, 0.29) is 17.0 Å². The van der Waals surface area contributed by atoms with Gasteiger partial charge in [0, 0.05) is 41.9 Å². The number of aryl methyl sites for hydroxylation is 1. The van der Waals surface area contributed by atoms with E-state index in [4.69, 9.17) is 0 Å². The number of benzene rings is 1. The molecule has 49 heavy (non-hydrogen) atoms. The van der Waals surface area contributed by atoms with E-state index in [1.54, 1.807) is 12.1 Å². The molecule has 2 aromatic heterocycles. The van der Waals surface area contributed by atoms with Crippen LogP contribution < -0.4 is 10.6 Å². The van der Waals surface area contributed by atoms with Crippen molar-refractivity contribution >= 4 is 16.8 Å². The van der Waals surface area contributed by atoms with Gasteiger partial charge in [-0.25, -0.2) is 9.97 Å². The Labute approximate surface area is 291 Å². The Balaban J connectivity index is 0.000000817. The van der Waals surface area contributed by atoms with Gasteiger partial charge < -0.3 is 10.6 Å². The molecule has 0 spiro atoms. The van der Waals surface area contributed by atoms with Crippen LogP contribution in [0.1, 0.15) is 136 Å². The van der Waals surface area contributed by atoms with Gasteiger partial charge in [0.25, 0.3) is 0 Å². The fourth-order valence-corrected chi connectivity index (χ4v) is 4.71. The number of halogens is 6. The number of alkyl halides is 6. The molecule has 4 rings (SSSR count). The number of fused-ring (bicyclic) bond motifs is 2. The highest BCUT2D eigenvalue weighted by Crippen LogP contribution is 2.34. The van der Waals surface area contributed by atoms with Crippen LogP contribution in [0.5, 0.6) is 0 Å². The number of rotatable bonds is 6. The molecule has 1 aliphatic carbocycles. The van der Waals surface area contributed by atoms with Crippen molar-refractivity contribution < 1.29 is 26.3 Å². The molecule has 2 N–H and O–H groups in total. The third-order valence-corrected chi connectivity index (χ3v) is 6.86. The zero-order chi connectivity index (χ0) is 38.2. The van der Waals surface area contributed by atoms with Gasteiger partial charge in [0.05, 0.1) is 11.4 Å². The normalized spacial score (nSPS) is 13.3. The lowest BCUT2D eigenvalue weighted by molar-refractivity contribution is -0.142. The monoisotopic (exact) mass is 698 g/mol. The van der Waals surface area contributed by atoms with Crippen molar-refractivity contribution in [3.05, 3.63) is 76.4 Å². The summed E-state index contributed by atoms with van der Waals surface area (Å²) in [7, 11) is 0. The summed E-state index contributed by atoms with van der Waals surface area (Å²) in [6.07, 6.45) is -3.02. The maximum atomic E-state index is 13.1. The van der Waals surface area contributed by atoms with E-state index in [0.29, 0.717) is 42.7 Å². The highest BCUT2D eigenvalue weighted by Gasteiger charge is 2.35. The topological polar surface area (TPSA) is 49.8 Å². The molecule has 1 aromatic carbocycles. The van der Waals surface area contributed by atoms with Crippen LogP contribution in [0.2, 0.25) is 0 Å². The first-order valence-corrected chi connectivity index (χ1v) is 17.5. The zero-order valence-corrected chi connectivity index (χ0v) is 31.9. The van der Waals surface area contributed by atoms with Gasteiger partial charge in [-0.15, -0.1) is 0 Å². The van der Waals surface area contributed by atoms with Crippen LogP contribution in [-0.4, -0.2) is 34.1 Å². The SMILES string of the molecule is CC.CC.CC.CC(C)(C)NCCc1nc(C(F)(F)F)cc2ccccc12.CC(CNC(C)(C)C)c1nc(C(F)(F)F)cc2c1C=CCC2. The van der Waals surface area contributed by atoms with Gasteiger partial charge in [-0.1, -0.05) is 84.9 Å². The minimum atomic E-state index is -4.42. The smallest absolute Gasteiger partial charge is 0.312 e. The molecular weight excluding hydrogens is 638 g/mol. The number of nitrogens with zero attached hydrogens (tertiary/aromatic N) is 2. The fraction of sp³-hybridized carbons (Fsp3) is 0.590. The van der Waals surface area contributed by atoms with Crippen molar-refractivity contribution in [3.63, 3.8) is 0 Å². The zero-order valence-electron chi connectivity index (χ0n) is 31.9. The number of hydrogen-bond acceptors (Lipinski definition) is 4. The van der Waals surface area contributed by atoms with Gasteiger partial charge in [-0.3, -0.25) is 0 Å². The van der Waals surface area contributed by atoms with Gasteiger partial charge in [-0.05, 0) is 83.0 Å². The van der Waals surface area contributed by atoms with Crippen molar-refractivity contribution in [3.8, 4) is 0 Å². The number of pyridine rings is 2. The fourth-order valence-electron chi connectivity index (χ4n) is 4.71. The first kappa shape index (κ1) is 46.0. The second-order valence-corrected chi connectivity index (χ2v) is 13.0. The maximum Gasteiger partial charge on any atom is 0.433 e. The third-order valence-electron chi connectivity index (χ3n) is 6.86. The van der Waals surface area contributed by atoms with E-state index in [0.717, 1.165) is 29.0 Å². The van der Waals surface area contributed by atoms with Crippen LogP contribution >= 0.6 is 0 Å². The molecule has 1 aliphatic rings. The van der Waals surface area contributed by atoms with Gasteiger partial charge in [0.2, 0.25) is 0 Å². The van der Waals surface area contributed by atoms with Gasteiger partial charge >= 0.3 is 12.4 Å². The Bertz CT molecular complexity index is 1410. The summed E-state index contributed by atoms with van der Waals surface area (Å²) in [6, 6.07) is 9.36.